The summed E-state index contributed by atoms with van der Waals surface area (Å²) in [6.07, 6.45) is -4.69. The molecule has 1 N–H and O–H groups in total. The van der Waals surface area contributed by atoms with Crippen LogP contribution in [0, 0.1) is 11.2 Å². The highest BCUT2D eigenvalue weighted by Gasteiger charge is 2.34. The molecule has 0 atom stereocenters. The molecule has 0 saturated heterocycles. The molecular formula is C14H19F4NO. The van der Waals surface area contributed by atoms with Crippen LogP contribution in [0.3, 0.4) is 0 Å². The van der Waals surface area contributed by atoms with E-state index in [0.29, 0.717) is 6.54 Å². The van der Waals surface area contributed by atoms with Crippen LogP contribution in [0.25, 0.3) is 0 Å². The monoisotopic (exact) mass is 293 g/mol. The molecule has 0 saturated carbocycles. The summed E-state index contributed by atoms with van der Waals surface area (Å²) in [6, 6.07) is 3.27. The minimum atomic E-state index is -4.69. The molecular weight excluding hydrogens is 274 g/mol. The number of hydrogen-bond donors (Lipinski definition) is 1. The van der Waals surface area contributed by atoms with Crippen molar-refractivity contribution in [3.63, 3.8) is 0 Å². The van der Waals surface area contributed by atoms with E-state index in [4.69, 9.17) is 5.11 Å². The topological polar surface area (TPSA) is 23.5 Å². The summed E-state index contributed by atoms with van der Waals surface area (Å²) in [5.74, 6) is -1.23. The molecule has 0 aliphatic carbocycles. The lowest BCUT2D eigenvalue weighted by Crippen LogP contribution is -2.33. The number of aliphatic hydroxyl groups is 1. The van der Waals surface area contributed by atoms with E-state index in [2.05, 4.69) is 0 Å². The van der Waals surface area contributed by atoms with Gasteiger partial charge in [0.2, 0.25) is 0 Å². The normalized spacial score (nSPS) is 13.1. The van der Waals surface area contributed by atoms with E-state index in [1.54, 1.807) is 11.9 Å². The van der Waals surface area contributed by atoms with Gasteiger partial charge in [-0.15, -0.1) is 0 Å². The van der Waals surface area contributed by atoms with Crippen molar-refractivity contribution in [2.24, 2.45) is 5.41 Å². The Morgan fingerprint density at radius 1 is 1.20 bits per heavy atom. The van der Waals surface area contributed by atoms with Crippen LogP contribution in [0.2, 0.25) is 0 Å². The summed E-state index contributed by atoms with van der Waals surface area (Å²) < 4.78 is 51.7. The molecule has 0 unspecified atom stereocenters. The third-order valence-corrected chi connectivity index (χ3v) is 2.95. The van der Waals surface area contributed by atoms with Gasteiger partial charge in [0.15, 0.2) is 0 Å². The molecule has 0 fully saturated rings. The number of rotatable bonds is 5. The zero-order valence-electron chi connectivity index (χ0n) is 11.8. The maximum absolute atomic E-state index is 13.8. The number of alkyl halides is 3. The Balaban J connectivity index is 2.89. The molecule has 2 nitrogen and oxygen atoms in total. The quantitative estimate of drug-likeness (QED) is 0.842. The van der Waals surface area contributed by atoms with Gasteiger partial charge in [-0.2, -0.15) is 13.2 Å². The molecule has 0 radical (unpaired) electrons. The summed E-state index contributed by atoms with van der Waals surface area (Å²) in [5, 5.41) is 9.16. The van der Waals surface area contributed by atoms with Gasteiger partial charge in [0.05, 0.1) is 5.56 Å². The number of hydrogen-bond acceptors (Lipinski definition) is 2. The van der Waals surface area contributed by atoms with Crippen LogP contribution in [0.15, 0.2) is 18.2 Å². The zero-order chi connectivity index (χ0) is 15.6. The van der Waals surface area contributed by atoms with Gasteiger partial charge in [-0.25, -0.2) is 4.39 Å². The molecule has 1 rings (SSSR count). The molecule has 0 aliphatic heterocycles. The van der Waals surface area contributed by atoms with Crippen molar-refractivity contribution >= 4 is 0 Å². The van der Waals surface area contributed by atoms with Crippen LogP contribution >= 0.6 is 0 Å². The first kappa shape index (κ1) is 16.9. The Bertz CT molecular complexity index is 457. The fraction of sp³-hybridized carbons (Fsp3) is 0.571. The highest BCUT2D eigenvalue weighted by molar-refractivity contribution is 5.28. The van der Waals surface area contributed by atoms with Crippen molar-refractivity contribution in [1.29, 1.82) is 0 Å². The van der Waals surface area contributed by atoms with Crippen molar-refractivity contribution in [3.05, 3.63) is 35.1 Å². The standard InChI is InChI=1S/C14H19F4NO/c1-13(2,9-20)8-19(3)7-10-5-4-6-11(12(10)15)14(16,17)18/h4-6,20H,7-9H2,1-3H3. The summed E-state index contributed by atoms with van der Waals surface area (Å²) >= 11 is 0. The van der Waals surface area contributed by atoms with Crippen molar-refractivity contribution in [1.82, 2.24) is 4.90 Å². The van der Waals surface area contributed by atoms with E-state index in [9.17, 15) is 17.6 Å². The summed E-state index contributed by atoms with van der Waals surface area (Å²) in [7, 11) is 1.68. The van der Waals surface area contributed by atoms with E-state index in [0.717, 1.165) is 6.07 Å². The molecule has 0 amide bonds. The van der Waals surface area contributed by atoms with Crippen LogP contribution < -0.4 is 0 Å². The molecule has 0 spiro atoms. The Morgan fingerprint density at radius 2 is 1.80 bits per heavy atom. The van der Waals surface area contributed by atoms with Gasteiger partial charge in [-0.3, -0.25) is 0 Å². The lowest BCUT2D eigenvalue weighted by atomic mass is 9.94. The van der Waals surface area contributed by atoms with Crippen molar-refractivity contribution in [2.75, 3.05) is 20.2 Å². The molecule has 114 valence electrons. The van der Waals surface area contributed by atoms with Gasteiger partial charge in [-0.1, -0.05) is 26.0 Å². The Morgan fingerprint density at radius 3 is 2.30 bits per heavy atom. The summed E-state index contributed by atoms with van der Waals surface area (Å²) in [4.78, 5) is 1.69. The third kappa shape index (κ3) is 4.45. The Labute approximate surface area is 116 Å². The minimum Gasteiger partial charge on any atom is -0.396 e. The number of halogens is 4. The zero-order valence-corrected chi connectivity index (χ0v) is 11.8. The predicted octanol–water partition coefficient (Wildman–Crippen LogP) is 3.29. The predicted molar refractivity (Wildman–Crippen MR) is 68.6 cm³/mol. The van der Waals surface area contributed by atoms with Gasteiger partial charge < -0.3 is 10.0 Å². The average Bonchev–Trinajstić information content (AvgIpc) is 2.29. The molecule has 0 bridgehead atoms. The second-order valence-corrected chi connectivity index (χ2v) is 5.77. The maximum Gasteiger partial charge on any atom is 0.419 e. The summed E-state index contributed by atoms with van der Waals surface area (Å²) in [6.45, 7) is 4.10. The molecule has 1 aromatic carbocycles. The first-order valence-corrected chi connectivity index (χ1v) is 6.21. The highest BCUT2D eigenvalue weighted by atomic mass is 19.4. The van der Waals surface area contributed by atoms with Crippen molar-refractivity contribution in [3.8, 4) is 0 Å². The van der Waals surface area contributed by atoms with Gasteiger partial charge in [0, 0.05) is 30.7 Å². The highest BCUT2D eigenvalue weighted by Crippen LogP contribution is 2.32. The van der Waals surface area contributed by atoms with E-state index >= 15 is 0 Å². The molecule has 20 heavy (non-hydrogen) atoms. The van der Waals surface area contributed by atoms with E-state index in [-0.39, 0.29) is 18.7 Å². The van der Waals surface area contributed by atoms with Crippen LogP contribution in [0.1, 0.15) is 25.0 Å². The fourth-order valence-electron chi connectivity index (χ4n) is 2.05. The maximum atomic E-state index is 13.8. The van der Waals surface area contributed by atoms with E-state index in [1.165, 1.54) is 12.1 Å². The van der Waals surface area contributed by atoms with Crippen LogP contribution in [0.5, 0.6) is 0 Å². The molecule has 0 aromatic heterocycles. The van der Waals surface area contributed by atoms with Gasteiger partial charge >= 0.3 is 6.18 Å². The van der Waals surface area contributed by atoms with E-state index < -0.39 is 23.0 Å². The van der Waals surface area contributed by atoms with Gasteiger partial charge in [0.25, 0.3) is 0 Å². The first-order valence-electron chi connectivity index (χ1n) is 6.21. The first-order chi connectivity index (χ1) is 9.07. The summed E-state index contributed by atoms with van der Waals surface area (Å²) in [5.41, 5.74) is -1.65. The van der Waals surface area contributed by atoms with Crippen LogP contribution in [-0.4, -0.2) is 30.2 Å². The average molecular weight is 293 g/mol. The smallest absolute Gasteiger partial charge is 0.396 e. The number of nitrogens with zero attached hydrogens (tertiary/aromatic N) is 1. The Hall–Kier alpha value is -1.14. The lowest BCUT2D eigenvalue weighted by Gasteiger charge is -2.28. The third-order valence-electron chi connectivity index (χ3n) is 2.95. The second kappa shape index (κ2) is 6.10. The largest absolute Gasteiger partial charge is 0.419 e. The molecule has 0 heterocycles. The van der Waals surface area contributed by atoms with Crippen LogP contribution in [0.4, 0.5) is 17.6 Å². The second-order valence-electron chi connectivity index (χ2n) is 5.77. The number of aliphatic hydroxyl groups excluding tert-OH is 1. The fourth-order valence-corrected chi connectivity index (χ4v) is 2.05. The molecule has 6 heteroatoms. The molecule has 0 aliphatic rings. The Kier molecular flexibility index (Phi) is 5.15. The SMILES string of the molecule is CN(Cc1cccc(C(F)(F)F)c1F)CC(C)(C)CO. The van der Waals surface area contributed by atoms with Crippen molar-refractivity contribution in [2.45, 2.75) is 26.6 Å². The lowest BCUT2D eigenvalue weighted by molar-refractivity contribution is -0.140. The minimum absolute atomic E-state index is 0.00364. The molecule has 1 aromatic rings. The van der Waals surface area contributed by atoms with E-state index in [1.807, 2.05) is 13.8 Å². The van der Waals surface area contributed by atoms with Gasteiger partial charge in [-0.05, 0) is 13.1 Å². The number of benzene rings is 1. The van der Waals surface area contributed by atoms with Gasteiger partial charge in [0.1, 0.15) is 5.82 Å². The van der Waals surface area contributed by atoms with Crippen LogP contribution in [-0.2, 0) is 12.7 Å². The van der Waals surface area contributed by atoms with Crippen molar-refractivity contribution < 1.29 is 22.7 Å².